The van der Waals surface area contributed by atoms with E-state index in [0.29, 0.717) is 23.0 Å². The van der Waals surface area contributed by atoms with E-state index in [1.165, 1.54) is 23.2 Å². The van der Waals surface area contributed by atoms with Crippen LogP contribution in [-0.2, 0) is 6.42 Å². The molecule has 0 fully saturated rings. The molecule has 0 aliphatic rings. The zero-order valence-corrected chi connectivity index (χ0v) is 15.3. The molecule has 134 valence electrons. The maximum absolute atomic E-state index is 12.7. The van der Waals surface area contributed by atoms with Crippen LogP contribution >= 0.6 is 11.3 Å². The molecule has 0 saturated carbocycles. The summed E-state index contributed by atoms with van der Waals surface area (Å²) >= 11 is 1.27. The third kappa shape index (κ3) is 4.40. The average Bonchev–Trinajstić information content (AvgIpc) is 3.35. The largest absolute Gasteiger partial charge is 0.459 e. The maximum Gasteiger partial charge on any atom is 0.291 e. The normalized spacial score (nSPS) is 10.5. The molecule has 0 spiro atoms. The van der Waals surface area contributed by atoms with Crippen molar-refractivity contribution in [3.63, 3.8) is 0 Å². The monoisotopic (exact) mass is 368 g/mol. The zero-order valence-electron chi connectivity index (χ0n) is 14.5. The summed E-state index contributed by atoms with van der Waals surface area (Å²) in [6.07, 6.45) is 2.26. The Bertz CT molecular complexity index is 856. The molecular formula is C20H20N2O3S. The standard InChI is InChI=1S/C20H20N2O3S/c1-2-22(13-12-15-7-4-3-5-8-15)20(24)17-10-11-18(26-17)21-19(23)16-9-6-14-25-16/h3-11,14H,2,12-13H2,1H3,(H,21,23). The summed E-state index contributed by atoms with van der Waals surface area (Å²) < 4.78 is 5.07. The summed E-state index contributed by atoms with van der Waals surface area (Å²) in [7, 11) is 0. The highest BCUT2D eigenvalue weighted by molar-refractivity contribution is 7.18. The van der Waals surface area contributed by atoms with Crippen LogP contribution in [0.25, 0.3) is 0 Å². The Morgan fingerprint density at radius 3 is 2.58 bits per heavy atom. The second-order valence-electron chi connectivity index (χ2n) is 5.72. The molecule has 26 heavy (non-hydrogen) atoms. The lowest BCUT2D eigenvalue weighted by Gasteiger charge is -2.20. The van der Waals surface area contributed by atoms with E-state index in [9.17, 15) is 9.59 Å². The van der Waals surface area contributed by atoms with Crippen molar-refractivity contribution >= 4 is 28.2 Å². The Morgan fingerprint density at radius 2 is 1.88 bits per heavy atom. The predicted octanol–water partition coefficient (Wildman–Crippen LogP) is 4.30. The molecule has 6 heteroatoms. The quantitative estimate of drug-likeness (QED) is 0.676. The molecule has 0 radical (unpaired) electrons. The van der Waals surface area contributed by atoms with Crippen LogP contribution < -0.4 is 5.32 Å². The minimum atomic E-state index is -0.327. The van der Waals surface area contributed by atoms with Gasteiger partial charge >= 0.3 is 0 Å². The van der Waals surface area contributed by atoms with Crippen molar-refractivity contribution in [2.24, 2.45) is 0 Å². The van der Waals surface area contributed by atoms with E-state index in [1.807, 2.05) is 30.0 Å². The van der Waals surface area contributed by atoms with Gasteiger partial charge in [-0.1, -0.05) is 30.3 Å². The molecule has 0 bridgehead atoms. The first-order valence-corrected chi connectivity index (χ1v) is 9.27. The molecule has 5 nitrogen and oxygen atoms in total. The fourth-order valence-corrected chi connectivity index (χ4v) is 3.44. The van der Waals surface area contributed by atoms with Gasteiger partial charge in [-0.2, -0.15) is 0 Å². The Labute approximate surface area is 156 Å². The molecule has 0 saturated heterocycles. The number of benzene rings is 1. The van der Waals surface area contributed by atoms with Crippen LogP contribution in [0.2, 0.25) is 0 Å². The van der Waals surface area contributed by atoms with E-state index in [2.05, 4.69) is 17.4 Å². The second-order valence-corrected chi connectivity index (χ2v) is 6.80. The van der Waals surface area contributed by atoms with Gasteiger partial charge in [0.05, 0.1) is 16.1 Å². The van der Waals surface area contributed by atoms with Gasteiger partial charge < -0.3 is 14.6 Å². The first kappa shape index (κ1) is 17.9. The van der Waals surface area contributed by atoms with Crippen molar-refractivity contribution in [3.05, 3.63) is 77.1 Å². The number of carbonyl (C=O) groups is 2. The molecule has 0 aliphatic carbocycles. The summed E-state index contributed by atoms with van der Waals surface area (Å²) in [5.74, 6) is -0.108. The maximum atomic E-state index is 12.7. The number of nitrogens with one attached hydrogen (secondary N) is 1. The van der Waals surface area contributed by atoms with Gasteiger partial charge in [-0.25, -0.2) is 0 Å². The molecule has 1 N–H and O–H groups in total. The van der Waals surface area contributed by atoms with E-state index >= 15 is 0 Å². The molecule has 3 rings (SSSR count). The highest BCUT2D eigenvalue weighted by Gasteiger charge is 2.17. The molecule has 0 unspecified atom stereocenters. The van der Waals surface area contributed by atoms with Gasteiger partial charge in [-0.15, -0.1) is 11.3 Å². The van der Waals surface area contributed by atoms with Gasteiger partial charge in [0.15, 0.2) is 5.76 Å². The van der Waals surface area contributed by atoms with E-state index < -0.39 is 0 Å². The third-order valence-corrected chi connectivity index (χ3v) is 4.97. The highest BCUT2D eigenvalue weighted by Crippen LogP contribution is 2.24. The van der Waals surface area contributed by atoms with E-state index in [4.69, 9.17) is 4.42 Å². The molecule has 2 heterocycles. The van der Waals surface area contributed by atoms with Gasteiger partial charge in [-0.05, 0) is 43.2 Å². The van der Waals surface area contributed by atoms with Crippen LogP contribution in [0.3, 0.4) is 0 Å². The Balaban J connectivity index is 1.61. The number of thiophene rings is 1. The molecule has 0 aliphatic heterocycles. The molecule has 2 amide bonds. The summed E-state index contributed by atoms with van der Waals surface area (Å²) in [6.45, 7) is 3.26. The Kier molecular flexibility index (Phi) is 5.86. The molecule has 2 aromatic heterocycles. The van der Waals surface area contributed by atoms with Crippen molar-refractivity contribution in [1.29, 1.82) is 0 Å². The van der Waals surface area contributed by atoms with Crippen LogP contribution in [0.4, 0.5) is 5.00 Å². The number of amides is 2. The molecule has 1 aromatic carbocycles. The Hall–Kier alpha value is -2.86. The summed E-state index contributed by atoms with van der Waals surface area (Å²) in [4.78, 5) is 27.2. The number of nitrogens with zero attached hydrogens (tertiary/aromatic N) is 1. The average molecular weight is 368 g/mol. The van der Waals surface area contributed by atoms with Gasteiger partial charge in [0.25, 0.3) is 11.8 Å². The van der Waals surface area contributed by atoms with Crippen LogP contribution in [0.5, 0.6) is 0 Å². The van der Waals surface area contributed by atoms with Gasteiger partial charge in [-0.3, -0.25) is 9.59 Å². The highest BCUT2D eigenvalue weighted by atomic mass is 32.1. The van der Waals surface area contributed by atoms with Crippen molar-refractivity contribution in [2.75, 3.05) is 18.4 Å². The lowest BCUT2D eigenvalue weighted by atomic mass is 10.1. The van der Waals surface area contributed by atoms with E-state index in [1.54, 1.807) is 24.3 Å². The van der Waals surface area contributed by atoms with Crippen LogP contribution in [0, 0.1) is 0 Å². The Morgan fingerprint density at radius 1 is 1.08 bits per heavy atom. The molecule has 0 atom stereocenters. The number of hydrogen-bond acceptors (Lipinski definition) is 4. The molecule has 3 aromatic rings. The second kappa shape index (κ2) is 8.49. The smallest absolute Gasteiger partial charge is 0.291 e. The number of anilines is 1. The minimum absolute atomic E-state index is 0.0214. The first-order chi connectivity index (χ1) is 12.7. The number of hydrogen-bond donors (Lipinski definition) is 1. The van der Waals surface area contributed by atoms with Crippen LogP contribution in [0.1, 0.15) is 32.7 Å². The van der Waals surface area contributed by atoms with Crippen molar-refractivity contribution in [2.45, 2.75) is 13.3 Å². The summed E-state index contributed by atoms with van der Waals surface area (Å²) in [5.41, 5.74) is 1.20. The number of rotatable bonds is 7. The van der Waals surface area contributed by atoms with Crippen molar-refractivity contribution in [3.8, 4) is 0 Å². The fraction of sp³-hybridized carbons (Fsp3) is 0.200. The van der Waals surface area contributed by atoms with Gasteiger partial charge in [0.1, 0.15) is 0 Å². The lowest BCUT2D eigenvalue weighted by molar-refractivity contribution is 0.0770. The predicted molar refractivity (Wildman–Crippen MR) is 103 cm³/mol. The van der Waals surface area contributed by atoms with Crippen molar-refractivity contribution < 1.29 is 14.0 Å². The van der Waals surface area contributed by atoms with Crippen LogP contribution in [0.15, 0.2) is 65.3 Å². The fourth-order valence-electron chi connectivity index (χ4n) is 2.57. The number of carbonyl (C=O) groups excluding carboxylic acids is 2. The van der Waals surface area contributed by atoms with Crippen LogP contribution in [-0.4, -0.2) is 29.8 Å². The van der Waals surface area contributed by atoms with E-state index in [-0.39, 0.29) is 17.6 Å². The summed E-state index contributed by atoms with van der Waals surface area (Å²) in [5, 5.41) is 3.37. The lowest BCUT2D eigenvalue weighted by Crippen LogP contribution is -2.32. The SMILES string of the molecule is CCN(CCc1ccccc1)C(=O)c1ccc(NC(=O)c2ccco2)s1. The first-order valence-electron chi connectivity index (χ1n) is 8.45. The minimum Gasteiger partial charge on any atom is -0.459 e. The summed E-state index contributed by atoms with van der Waals surface area (Å²) in [6, 6.07) is 16.8. The van der Waals surface area contributed by atoms with Crippen molar-refractivity contribution in [1.82, 2.24) is 4.90 Å². The zero-order chi connectivity index (χ0) is 18.4. The number of furan rings is 1. The van der Waals surface area contributed by atoms with E-state index in [0.717, 1.165) is 6.42 Å². The van der Waals surface area contributed by atoms with Gasteiger partial charge in [0.2, 0.25) is 0 Å². The van der Waals surface area contributed by atoms with Gasteiger partial charge in [0, 0.05) is 13.1 Å². The number of likely N-dealkylation sites (N-methyl/N-ethyl adjacent to an activating group) is 1. The third-order valence-electron chi connectivity index (χ3n) is 3.98. The topological polar surface area (TPSA) is 62.6 Å². The molecular weight excluding hydrogens is 348 g/mol.